The smallest absolute Gasteiger partial charge is 0.326 e. The van der Waals surface area contributed by atoms with Crippen molar-refractivity contribution in [3.05, 3.63) is 71.3 Å². The predicted octanol–water partition coefficient (Wildman–Crippen LogP) is 2.30. The standard InChI is InChI=1S/C41H57N7O8/c1-25(2)34(44-26(3)49)37(51)47-35(28-16-8-5-9-17-28)38(52)45-31(20-12-13-21-43-41(42)56)39(53)48-24-30-19-11-10-18-29(30)23-33(48)36(50)46-32(40(54)55)22-27-14-6-4-7-15-27/h4,6-7,10-11,14-15,18-19,25,28,31-35H,5,8-9,12-13,16-17,20-24H2,1-3H3,(H,44,49)(H,45,52)(H,46,50)(H,47,51)(H,54,55)(H3,42,43,56)/t31?,32-,33-,34-,35?/m0/s1. The third-order valence-electron chi connectivity index (χ3n) is 10.6. The molecule has 15 heteroatoms. The Morgan fingerprint density at radius 3 is 2.09 bits per heavy atom. The molecule has 0 bridgehead atoms. The molecule has 1 fully saturated rings. The number of primary amides is 1. The van der Waals surface area contributed by atoms with Crippen molar-refractivity contribution in [3.63, 3.8) is 0 Å². The zero-order chi connectivity index (χ0) is 40.8. The third kappa shape index (κ3) is 12.5. The predicted molar refractivity (Wildman–Crippen MR) is 209 cm³/mol. The van der Waals surface area contributed by atoms with Crippen LogP contribution in [-0.4, -0.2) is 88.3 Å². The number of hydrogen-bond acceptors (Lipinski definition) is 7. The molecule has 2 aliphatic rings. The molecule has 304 valence electrons. The van der Waals surface area contributed by atoms with Gasteiger partial charge in [0.05, 0.1) is 0 Å². The highest BCUT2D eigenvalue weighted by atomic mass is 16.4. The summed E-state index contributed by atoms with van der Waals surface area (Å²) in [6.07, 6.45) is 5.19. The topological polar surface area (TPSA) is 229 Å². The number of nitrogens with zero attached hydrogens (tertiary/aromatic N) is 1. The van der Waals surface area contributed by atoms with Crippen molar-refractivity contribution in [1.29, 1.82) is 0 Å². The molecule has 0 radical (unpaired) electrons. The van der Waals surface area contributed by atoms with Crippen LogP contribution >= 0.6 is 0 Å². The molecule has 4 rings (SSSR count). The van der Waals surface area contributed by atoms with Crippen molar-refractivity contribution >= 4 is 41.5 Å². The van der Waals surface area contributed by atoms with Crippen LogP contribution in [0.15, 0.2) is 54.6 Å². The van der Waals surface area contributed by atoms with Gasteiger partial charge >= 0.3 is 12.0 Å². The van der Waals surface area contributed by atoms with Gasteiger partial charge in [0.15, 0.2) is 0 Å². The van der Waals surface area contributed by atoms with E-state index in [0.717, 1.165) is 30.4 Å². The lowest BCUT2D eigenvalue weighted by molar-refractivity contribution is -0.147. The Bertz CT molecular complexity index is 1700. The molecular weight excluding hydrogens is 718 g/mol. The van der Waals surface area contributed by atoms with Gasteiger partial charge in [0, 0.05) is 32.9 Å². The molecule has 0 saturated heterocycles. The van der Waals surface area contributed by atoms with Gasteiger partial charge in [-0.1, -0.05) is 87.7 Å². The number of carbonyl (C=O) groups is 7. The summed E-state index contributed by atoms with van der Waals surface area (Å²) in [5, 5.41) is 23.8. The molecule has 1 saturated carbocycles. The number of hydrogen-bond donors (Lipinski definition) is 7. The van der Waals surface area contributed by atoms with E-state index in [1.807, 2.05) is 30.3 Å². The van der Waals surface area contributed by atoms with Gasteiger partial charge in [-0.15, -0.1) is 0 Å². The van der Waals surface area contributed by atoms with Crippen LogP contribution in [-0.2, 0) is 48.2 Å². The first kappa shape index (κ1) is 43.3. The van der Waals surface area contributed by atoms with E-state index in [0.29, 0.717) is 31.2 Å². The molecule has 1 aliphatic heterocycles. The number of rotatable bonds is 18. The summed E-state index contributed by atoms with van der Waals surface area (Å²) < 4.78 is 0. The van der Waals surface area contributed by atoms with E-state index < -0.39 is 65.8 Å². The molecular formula is C41H57N7O8. The summed E-state index contributed by atoms with van der Waals surface area (Å²) >= 11 is 0. The van der Waals surface area contributed by atoms with Gasteiger partial charge in [-0.05, 0) is 60.6 Å². The number of aliphatic carboxylic acids is 1. The zero-order valence-electron chi connectivity index (χ0n) is 32.6. The fraction of sp³-hybridized carbons (Fsp3) is 0.537. The van der Waals surface area contributed by atoms with Crippen molar-refractivity contribution in [1.82, 2.24) is 31.5 Å². The van der Waals surface area contributed by atoms with Crippen LogP contribution in [0.25, 0.3) is 0 Å². The first-order valence-electron chi connectivity index (χ1n) is 19.6. The van der Waals surface area contributed by atoms with Crippen molar-refractivity contribution in [3.8, 4) is 0 Å². The molecule has 2 unspecified atom stereocenters. The van der Waals surface area contributed by atoms with Crippen LogP contribution in [0.5, 0.6) is 0 Å². The number of unbranched alkanes of at least 4 members (excludes halogenated alkanes) is 1. The number of carboxylic acids is 1. The summed E-state index contributed by atoms with van der Waals surface area (Å²) in [5.74, 6) is -4.34. The summed E-state index contributed by atoms with van der Waals surface area (Å²) in [4.78, 5) is 93.9. The Hall–Kier alpha value is -5.47. The van der Waals surface area contributed by atoms with E-state index >= 15 is 0 Å². The molecule has 56 heavy (non-hydrogen) atoms. The summed E-state index contributed by atoms with van der Waals surface area (Å²) in [6.45, 7) is 5.18. The van der Waals surface area contributed by atoms with Crippen LogP contribution in [0, 0.1) is 11.8 Å². The second-order valence-electron chi connectivity index (χ2n) is 15.2. The van der Waals surface area contributed by atoms with E-state index in [4.69, 9.17) is 5.73 Å². The first-order chi connectivity index (χ1) is 26.7. The maximum atomic E-state index is 14.8. The normalized spacial score (nSPS) is 17.6. The monoisotopic (exact) mass is 775 g/mol. The molecule has 2 aromatic rings. The Morgan fingerprint density at radius 2 is 1.46 bits per heavy atom. The Labute approximate surface area is 328 Å². The molecule has 1 aliphatic carbocycles. The van der Waals surface area contributed by atoms with Gasteiger partial charge in [-0.2, -0.15) is 0 Å². The van der Waals surface area contributed by atoms with Crippen LogP contribution in [0.4, 0.5) is 4.79 Å². The molecule has 7 amide bonds. The molecule has 15 nitrogen and oxygen atoms in total. The summed E-state index contributed by atoms with van der Waals surface area (Å²) in [7, 11) is 0. The van der Waals surface area contributed by atoms with Crippen molar-refractivity contribution in [2.24, 2.45) is 17.6 Å². The quantitative estimate of drug-likeness (QED) is 0.111. The van der Waals surface area contributed by atoms with E-state index in [1.165, 1.54) is 11.8 Å². The van der Waals surface area contributed by atoms with Gasteiger partial charge < -0.3 is 42.3 Å². The molecule has 5 atom stereocenters. The van der Waals surface area contributed by atoms with Crippen molar-refractivity contribution < 1.29 is 38.7 Å². The minimum Gasteiger partial charge on any atom is -0.480 e. The van der Waals surface area contributed by atoms with Gasteiger partial charge in [-0.25, -0.2) is 9.59 Å². The largest absolute Gasteiger partial charge is 0.480 e. The number of fused-ring (bicyclic) bond motifs is 1. The van der Waals surface area contributed by atoms with E-state index in [2.05, 4.69) is 26.6 Å². The average Bonchev–Trinajstić information content (AvgIpc) is 3.17. The fourth-order valence-corrected chi connectivity index (χ4v) is 7.57. The van der Waals surface area contributed by atoms with Gasteiger partial charge in [0.2, 0.25) is 29.5 Å². The molecule has 8 N–H and O–H groups in total. The average molecular weight is 776 g/mol. The fourth-order valence-electron chi connectivity index (χ4n) is 7.57. The lowest BCUT2D eigenvalue weighted by Gasteiger charge is -2.39. The van der Waals surface area contributed by atoms with Crippen LogP contribution in [0.2, 0.25) is 0 Å². The summed E-state index contributed by atoms with van der Waals surface area (Å²) in [6, 6.07) is 10.2. The SMILES string of the molecule is CC(=O)N[C@H](C(=O)NC(C(=O)NC(CCCCNC(N)=O)C(=O)N1Cc2ccccc2C[C@H]1C(=O)N[C@@H](Cc1ccccc1)C(=O)O)C1CCCCC1)C(C)C. The van der Waals surface area contributed by atoms with E-state index in [-0.39, 0.29) is 50.1 Å². The van der Waals surface area contributed by atoms with Gasteiger partial charge in [0.1, 0.15) is 30.2 Å². The number of nitrogens with one attached hydrogen (secondary N) is 5. The van der Waals surface area contributed by atoms with Crippen molar-refractivity contribution in [2.45, 2.75) is 122 Å². The van der Waals surface area contributed by atoms with E-state index in [1.54, 1.807) is 38.1 Å². The second-order valence-corrected chi connectivity index (χ2v) is 15.2. The van der Waals surface area contributed by atoms with Crippen molar-refractivity contribution in [2.75, 3.05) is 6.54 Å². The summed E-state index contributed by atoms with van der Waals surface area (Å²) in [5.41, 5.74) is 7.60. The Morgan fingerprint density at radius 1 is 0.804 bits per heavy atom. The first-order valence-corrected chi connectivity index (χ1v) is 19.6. The number of nitrogens with two attached hydrogens (primary N) is 1. The zero-order valence-corrected chi connectivity index (χ0v) is 32.6. The van der Waals surface area contributed by atoms with Crippen LogP contribution in [0.3, 0.4) is 0 Å². The number of urea groups is 1. The Balaban J connectivity index is 1.64. The third-order valence-corrected chi connectivity index (χ3v) is 10.6. The molecule has 2 aromatic carbocycles. The minimum atomic E-state index is -1.26. The highest BCUT2D eigenvalue weighted by Crippen LogP contribution is 2.28. The van der Waals surface area contributed by atoms with Crippen LogP contribution in [0.1, 0.15) is 88.8 Å². The minimum absolute atomic E-state index is 0.0328. The lowest BCUT2D eigenvalue weighted by atomic mass is 9.83. The lowest BCUT2D eigenvalue weighted by Crippen LogP contribution is -2.62. The maximum Gasteiger partial charge on any atom is 0.326 e. The van der Waals surface area contributed by atoms with Gasteiger partial charge in [0.25, 0.3) is 0 Å². The Kier molecular flexibility index (Phi) is 16.2. The molecule has 1 heterocycles. The number of carbonyl (C=O) groups excluding carboxylic acids is 6. The second kappa shape index (κ2) is 21.0. The van der Waals surface area contributed by atoms with Gasteiger partial charge in [-0.3, -0.25) is 24.0 Å². The maximum absolute atomic E-state index is 14.8. The molecule has 0 spiro atoms. The van der Waals surface area contributed by atoms with E-state index in [9.17, 15) is 38.7 Å². The number of amides is 7. The number of benzene rings is 2. The highest BCUT2D eigenvalue weighted by molar-refractivity contribution is 5.96. The number of carboxylic acid groups (broad SMARTS) is 1. The highest BCUT2D eigenvalue weighted by Gasteiger charge is 2.41. The molecule has 0 aromatic heterocycles. The van der Waals surface area contributed by atoms with Crippen LogP contribution < -0.4 is 32.3 Å².